The average molecular weight is 279 g/mol. The lowest BCUT2D eigenvalue weighted by Crippen LogP contribution is -2.53. The Kier molecular flexibility index (Phi) is 5.16. The van der Waals surface area contributed by atoms with Crippen LogP contribution in [0.15, 0.2) is 6.20 Å². The Bertz CT molecular complexity index is 410. The molecule has 2 atom stereocenters. The van der Waals surface area contributed by atoms with E-state index in [4.69, 9.17) is 0 Å². The molecule has 5 nitrogen and oxygen atoms in total. The highest BCUT2D eigenvalue weighted by molar-refractivity contribution is 5.12. The minimum atomic E-state index is 0.123. The molecule has 1 aromatic rings. The van der Waals surface area contributed by atoms with E-state index in [1.807, 2.05) is 6.20 Å². The second-order valence-electron chi connectivity index (χ2n) is 6.01. The molecule has 0 spiro atoms. The number of aromatic nitrogens is 3. The van der Waals surface area contributed by atoms with Crippen LogP contribution >= 0.6 is 0 Å². The van der Waals surface area contributed by atoms with Crippen LogP contribution in [0.25, 0.3) is 0 Å². The average Bonchev–Trinajstić information content (AvgIpc) is 3.12. The van der Waals surface area contributed by atoms with Crippen molar-refractivity contribution >= 4 is 0 Å². The van der Waals surface area contributed by atoms with Gasteiger partial charge in [-0.25, -0.2) is 4.68 Å². The molecule has 114 valence electrons. The minimum Gasteiger partial charge on any atom is -0.310 e. The van der Waals surface area contributed by atoms with Gasteiger partial charge >= 0.3 is 0 Å². The first kappa shape index (κ1) is 15.4. The summed E-state index contributed by atoms with van der Waals surface area (Å²) in [6.45, 7) is 10.2. The first-order chi connectivity index (χ1) is 9.67. The summed E-state index contributed by atoms with van der Waals surface area (Å²) < 4.78 is 2.06. The van der Waals surface area contributed by atoms with Crippen LogP contribution in [-0.2, 0) is 6.54 Å². The Labute approximate surface area is 122 Å². The van der Waals surface area contributed by atoms with Gasteiger partial charge in [0.05, 0.1) is 17.9 Å². The van der Waals surface area contributed by atoms with Crippen molar-refractivity contribution < 1.29 is 0 Å². The van der Waals surface area contributed by atoms with E-state index < -0.39 is 0 Å². The van der Waals surface area contributed by atoms with Crippen molar-refractivity contribution in [3.8, 4) is 0 Å². The van der Waals surface area contributed by atoms with E-state index in [0.29, 0.717) is 0 Å². The number of hydrogen-bond acceptors (Lipinski definition) is 4. The number of aryl methyl sites for hydroxylation is 1. The monoisotopic (exact) mass is 279 g/mol. The topological polar surface area (TPSA) is 46.0 Å². The van der Waals surface area contributed by atoms with E-state index in [1.165, 1.54) is 31.6 Å². The molecule has 1 aliphatic heterocycles. The molecule has 0 radical (unpaired) electrons. The maximum atomic E-state index is 4.26. The molecule has 0 amide bonds. The van der Waals surface area contributed by atoms with Crippen LogP contribution in [-0.4, -0.2) is 45.6 Å². The third-order valence-corrected chi connectivity index (χ3v) is 4.83. The van der Waals surface area contributed by atoms with Crippen LogP contribution in [0.5, 0.6) is 0 Å². The number of likely N-dealkylation sites (tertiary alicyclic amines) is 1. The van der Waals surface area contributed by atoms with Crippen molar-refractivity contribution in [3.63, 3.8) is 0 Å². The molecule has 2 unspecified atom stereocenters. The third-order valence-electron chi connectivity index (χ3n) is 4.83. The van der Waals surface area contributed by atoms with Gasteiger partial charge in [-0.3, -0.25) is 4.90 Å². The Balaban J connectivity index is 2.30. The largest absolute Gasteiger partial charge is 0.310 e. The quantitative estimate of drug-likeness (QED) is 0.831. The Morgan fingerprint density at radius 1 is 1.35 bits per heavy atom. The van der Waals surface area contributed by atoms with Crippen molar-refractivity contribution in [1.82, 2.24) is 25.2 Å². The maximum absolute atomic E-state index is 4.26. The zero-order chi connectivity index (χ0) is 14.6. The maximum Gasteiger partial charge on any atom is 0.0775 e. The summed E-state index contributed by atoms with van der Waals surface area (Å²) in [6, 6.07) is 0.271. The number of hydrogen-bond donors (Lipinski definition) is 1. The Hall–Kier alpha value is -0.940. The molecule has 1 aliphatic rings. The van der Waals surface area contributed by atoms with Gasteiger partial charge in [0.25, 0.3) is 0 Å². The molecule has 1 N–H and O–H groups in total. The molecule has 1 fully saturated rings. The number of nitrogens with zero attached hydrogens (tertiary/aromatic N) is 4. The number of nitrogens with one attached hydrogen (secondary N) is 1. The van der Waals surface area contributed by atoms with Gasteiger partial charge in [0, 0.05) is 12.1 Å². The summed E-state index contributed by atoms with van der Waals surface area (Å²) in [5.41, 5.74) is 1.34. The first-order valence-corrected chi connectivity index (χ1v) is 7.98. The van der Waals surface area contributed by atoms with Crippen LogP contribution in [0.2, 0.25) is 0 Å². The lowest BCUT2D eigenvalue weighted by atomic mass is 9.85. The summed E-state index contributed by atoms with van der Waals surface area (Å²) in [6.07, 6.45) is 6.77. The lowest BCUT2D eigenvalue weighted by molar-refractivity contribution is 0.0834. The fourth-order valence-electron chi connectivity index (χ4n) is 3.49. The SMILES string of the molecule is CCCn1nncc1C(NC)C(C)(CC)N1CCCC1. The zero-order valence-electron chi connectivity index (χ0n) is 13.4. The van der Waals surface area contributed by atoms with E-state index in [0.717, 1.165) is 19.4 Å². The van der Waals surface area contributed by atoms with E-state index in [9.17, 15) is 0 Å². The normalized spacial score (nSPS) is 21.0. The Morgan fingerprint density at radius 3 is 2.60 bits per heavy atom. The van der Waals surface area contributed by atoms with Crippen LogP contribution in [0.1, 0.15) is 58.2 Å². The smallest absolute Gasteiger partial charge is 0.0775 e. The van der Waals surface area contributed by atoms with Gasteiger partial charge in [-0.1, -0.05) is 19.1 Å². The molecule has 1 saturated heterocycles. The molecule has 20 heavy (non-hydrogen) atoms. The number of likely N-dealkylation sites (N-methyl/N-ethyl adjacent to an activating group) is 1. The van der Waals surface area contributed by atoms with E-state index in [2.05, 4.69) is 53.0 Å². The standard InChI is InChI=1S/C15H29N5/c1-5-9-20-13(12-17-18-20)14(16-4)15(3,6-2)19-10-7-8-11-19/h12,14,16H,5-11H2,1-4H3. The predicted molar refractivity (Wildman–Crippen MR) is 81.6 cm³/mol. The van der Waals surface area contributed by atoms with Gasteiger partial charge in [-0.05, 0) is 52.7 Å². The van der Waals surface area contributed by atoms with Crippen molar-refractivity contribution in [2.45, 2.75) is 64.6 Å². The van der Waals surface area contributed by atoms with Crippen LogP contribution < -0.4 is 5.32 Å². The summed E-state index contributed by atoms with van der Waals surface area (Å²) in [5.74, 6) is 0. The predicted octanol–water partition coefficient (Wildman–Crippen LogP) is 2.21. The highest BCUT2D eigenvalue weighted by atomic mass is 15.4. The van der Waals surface area contributed by atoms with Crippen molar-refractivity contribution in [1.29, 1.82) is 0 Å². The van der Waals surface area contributed by atoms with E-state index in [1.54, 1.807) is 0 Å². The second-order valence-corrected chi connectivity index (χ2v) is 6.01. The van der Waals surface area contributed by atoms with Gasteiger partial charge in [0.2, 0.25) is 0 Å². The first-order valence-electron chi connectivity index (χ1n) is 7.98. The van der Waals surface area contributed by atoms with Crippen molar-refractivity contribution in [2.75, 3.05) is 20.1 Å². The molecule has 0 aliphatic carbocycles. The molecule has 0 aromatic carbocycles. The molecular formula is C15H29N5. The van der Waals surface area contributed by atoms with Gasteiger partial charge in [-0.15, -0.1) is 5.10 Å². The fraction of sp³-hybridized carbons (Fsp3) is 0.867. The molecule has 5 heteroatoms. The fourth-order valence-corrected chi connectivity index (χ4v) is 3.49. The summed E-state index contributed by atoms with van der Waals surface area (Å²) in [5, 5.41) is 11.9. The molecule has 1 aromatic heterocycles. The summed E-state index contributed by atoms with van der Waals surface area (Å²) >= 11 is 0. The van der Waals surface area contributed by atoms with Crippen LogP contribution in [0, 0.1) is 0 Å². The lowest BCUT2D eigenvalue weighted by Gasteiger charge is -2.44. The zero-order valence-corrected chi connectivity index (χ0v) is 13.4. The van der Waals surface area contributed by atoms with Crippen molar-refractivity contribution in [2.24, 2.45) is 0 Å². The highest BCUT2D eigenvalue weighted by Gasteiger charge is 2.41. The summed E-state index contributed by atoms with van der Waals surface area (Å²) in [7, 11) is 2.05. The molecule has 2 heterocycles. The van der Waals surface area contributed by atoms with Crippen LogP contribution in [0.4, 0.5) is 0 Å². The van der Waals surface area contributed by atoms with Crippen molar-refractivity contribution in [3.05, 3.63) is 11.9 Å². The highest BCUT2D eigenvalue weighted by Crippen LogP contribution is 2.36. The van der Waals surface area contributed by atoms with Gasteiger partial charge in [-0.2, -0.15) is 0 Å². The van der Waals surface area contributed by atoms with Gasteiger partial charge in [0.1, 0.15) is 0 Å². The summed E-state index contributed by atoms with van der Waals surface area (Å²) in [4.78, 5) is 2.64. The molecule has 0 saturated carbocycles. The third kappa shape index (κ3) is 2.74. The van der Waals surface area contributed by atoms with Gasteiger partial charge in [0.15, 0.2) is 0 Å². The second kappa shape index (κ2) is 6.68. The van der Waals surface area contributed by atoms with Crippen LogP contribution in [0.3, 0.4) is 0 Å². The molecule has 0 bridgehead atoms. The van der Waals surface area contributed by atoms with Gasteiger partial charge < -0.3 is 5.32 Å². The number of rotatable bonds is 7. The van der Waals surface area contributed by atoms with E-state index in [-0.39, 0.29) is 11.6 Å². The minimum absolute atomic E-state index is 0.123. The van der Waals surface area contributed by atoms with E-state index >= 15 is 0 Å². The Morgan fingerprint density at radius 2 is 2.05 bits per heavy atom. The molecular weight excluding hydrogens is 250 g/mol. The molecule has 2 rings (SSSR count).